The first-order valence-electron chi connectivity index (χ1n) is 3.96. The van der Waals surface area contributed by atoms with Crippen LogP contribution in [-0.4, -0.2) is 11.7 Å². The molecule has 1 aromatic rings. The molecule has 0 aromatic heterocycles. The van der Waals surface area contributed by atoms with Crippen LogP contribution in [0.4, 0.5) is 4.39 Å². The van der Waals surface area contributed by atoms with Gasteiger partial charge >= 0.3 is 0 Å². The van der Waals surface area contributed by atoms with Crippen LogP contribution >= 0.6 is 35.0 Å². The van der Waals surface area contributed by atoms with Crippen molar-refractivity contribution >= 4 is 35.0 Å². The van der Waals surface area contributed by atoms with Gasteiger partial charge in [-0.3, -0.25) is 0 Å². The third kappa shape index (κ3) is 3.68. The molecule has 0 aliphatic carbocycles. The molecule has 1 atom stereocenters. The van der Waals surface area contributed by atoms with Crippen molar-refractivity contribution in [1.82, 2.24) is 0 Å². The first kappa shape index (κ1) is 14.1. The number of nitrogens with two attached hydrogens (primary N) is 1. The SMILES string of the molecule is Cl.N[C@H](CCO)c1cc(I)ccc1F. The predicted molar refractivity (Wildman–Crippen MR) is 65.0 cm³/mol. The van der Waals surface area contributed by atoms with Crippen LogP contribution < -0.4 is 5.73 Å². The Labute approximate surface area is 102 Å². The molecule has 3 N–H and O–H groups in total. The molecule has 0 fully saturated rings. The first-order valence-corrected chi connectivity index (χ1v) is 5.04. The zero-order valence-electron chi connectivity index (χ0n) is 7.41. The topological polar surface area (TPSA) is 46.2 Å². The van der Waals surface area contributed by atoms with Crippen molar-refractivity contribution in [2.45, 2.75) is 12.5 Å². The molecule has 0 saturated heterocycles. The smallest absolute Gasteiger partial charge is 0.128 e. The van der Waals surface area contributed by atoms with Crippen molar-refractivity contribution in [2.24, 2.45) is 5.73 Å². The summed E-state index contributed by atoms with van der Waals surface area (Å²) in [5.41, 5.74) is 6.14. The van der Waals surface area contributed by atoms with Gasteiger partial charge in [0.15, 0.2) is 0 Å². The summed E-state index contributed by atoms with van der Waals surface area (Å²) in [5, 5.41) is 8.65. The molecule has 0 saturated carbocycles. The fraction of sp³-hybridized carbons (Fsp3) is 0.333. The predicted octanol–water partition coefficient (Wildman–Crippen LogP) is 2.23. The van der Waals surface area contributed by atoms with Crippen molar-refractivity contribution in [3.63, 3.8) is 0 Å². The molecule has 0 aliphatic heterocycles. The van der Waals surface area contributed by atoms with Crippen molar-refractivity contribution < 1.29 is 9.50 Å². The van der Waals surface area contributed by atoms with Gasteiger partial charge in [-0.05, 0) is 47.2 Å². The average molecular weight is 332 g/mol. The molecule has 2 nitrogen and oxygen atoms in total. The maximum Gasteiger partial charge on any atom is 0.128 e. The molecule has 5 heteroatoms. The van der Waals surface area contributed by atoms with Crippen LogP contribution in [0.1, 0.15) is 18.0 Å². The maximum atomic E-state index is 13.2. The fourth-order valence-electron chi connectivity index (χ4n) is 1.09. The molecule has 1 aromatic carbocycles. The summed E-state index contributed by atoms with van der Waals surface area (Å²) in [4.78, 5) is 0. The van der Waals surface area contributed by atoms with Gasteiger partial charge in [-0.1, -0.05) is 0 Å². The highest BCUT2D eigenvalue weighted by Crippen LogP contribution is 2.19. The van der Waals surface area contributed by atoms with Crippen molar-refractivity contribution in [3.8, 4) is 0 Å². The van der Waals surface area contributed by atoms with E-state index in [9.17, 15) is 4.39 Å². The molecule has 0 radical (unpaired) electrons. The van der Waals surface area contributed by atoms with Gasteiger partial charge in [0.1, 0.15) is 5.82 Å². The van der Waals surface area contributed by atoms with Gasteiger partial charge in [0, 0.05) is 21.8 Å². The molecular formula is C9H12ClFINO. The molecule has 80 valence electrons. The number of hydrogen-bond acceptors (Lipinski definition) is 2. The van der Waals surface area contributed by atoms with Crippen LogP contribution in [-0.2, 0) is 0 Å². The van der Waals surface area contributed by atoms with Gasteiger partial charge in [0.2, 0.25) is 0 Å². The molecule has 0 amide bonds. The molecule has 0 bridgehead atoms. The summed E-state index contributed by atoms with van der Waals surface area (Å²) in [6.07, 6.45) is 0.386. The Bertz CT molecular complexity index is 298. The van der Waals surface area contributed by atoms with E-state index in [0.717, 1.165) is 3.57 Å². The summed E-state index contributed by atoms with van der Waals surface area (Å²) in [6.45, 7) is -0.0217. The quantitative estimate of drug-likeness (QED) is 0.835. The fourth-order valence-corrected chi connectivity index (χ4v) is 1.61. The molecule has 1 rings (SSSR count). The van der Waals surface area contributed by atoms with Crippen LogP contribution in [0.2, 0.25) is 0 Å². The highest BCUT2D eigenvalue weighted by atomic mass is 127. The summed E-state index contributed by atoms with van der Waals surface area (Å²) in [6, 6.07) is 4.37. The summed E-state index contributed by atoms with van der Waals surface area (Å²) in [5.74, 6) is -0.304. The molecular weight excluding hydrogens is 319 g/mol. The largest absolute Gasteiger partial charge is 0.396 e. The highest BCUT2D eigenvalue weighted by Gasteiger charge is 2.10. The highest BCUT2D eigenvalue weighted by molar-refractivity contribution is 14.1. The molecule has 0 aliphatic rings. The second kappa shape index (κ2) is 6.55. The number of aliphatic hydroxyl groups is 1. The Morgan fingerprint density at radius 3 is 2.71 bits per heavy atom. The molecule has 14 heavy (non-hydrogen) atoms. The van der Waals surface area contributed by atoms with Crippen molar-refractivity contribution in [3.05, 3.63) is 33.1 Å². The van der Waals surface area contributed by atoms with Gasteiger partial charge in [-0.2, -0.15) is 0 Å². The number of rotatable bonds is 3. The van der Waals surface area contributed by atoms with E-state index in [1.54, 1.807) is 12.1 Å². The van der Waals surface area contributed by atoms with E-state index in [-0.39, 0.29) is 24.8 Å². The van der Waals surface area contributed by atoms with Gasteiger partial charge in [0.05, 0.1) is 0 Å². The van der Waals surface area contributed by atoms with E-state index in [4.69, 9.17) is 10.8 Å². The summed E-state index contributed by atoms with van der Waals surface area (Å²) in [7, 11) is 0. The third-order valence-corrected chi connectivity index (χ3v) is 2.47. The van der Waals surface area contributed by atoms with Crippen molar-refractivity contribution in [1.29, 1.82) is 0 Å². The van der Waals surface area contributed by atoms with E-state index in [1.807, 2.05) is 0 Å². The lowest BCUT2D eigenvalue weighted by atomic mass is 10.0. The van der Waals surface area contributed by atoms with E-state index in [2.05, 4.69) is 22.6 Å². The Morgan fingerprint density at radius 2 is 2.14 bits per heavy atom. The van der Waals surface area contributed by atoms with Crippen LogP contribution in [0.5, 0.6) is 0 Å². The lowest BCUT2D eigenvalue weighted by Crippen LogP contribution is -2.13. The molecule has 0 spiro atoms. The minimum Gasteiger partial charge on any atom is -0.396 e. The summed E-state index contributed by atoms with van der Waals surface area (Å²) >= 11 is 2.10. The average Bonchev–Trinajstić information content (AvgIpc) is 2.09. The third-order valence-electron chi connectivity index (χ3n) is 1.80. The molecule has 0 unspecified atom stereocenters. The monoisotopic (exact) mass is 331 g/mol. The van der Waals surface area contributed by atoms with E-state index < -0.39 is 6.04 Å². The standard InChI is InChI=1S/C9H11FINO.ClH/c10-8-2-1-6(11)5-7(8)9(12)3-4-13;/h1-2,5,9,13H,3-4,12H2;1H/t9-;/m1./s1. The number of halogens is 3. The van der Waals surface area contributed by atoms with Crippen LogP contribution in [0, 0.1) is 9.39 Å². The van der Waals surface area contributed by atoms with Crippen LogP contribution in [0.15, 0.2) is 18.2 Å². The van der Waals surface area contributed by atoms with Crippen molar-refractivity contribution in [2.75, 3.05) is 6.61 Å². The minimum atomic E-state index is -0.417. The second-order valence-corrected chi connectivity index (χ2v) is 4.03. The Balaban J connectivity index is 0.00000169. The van der Waals surface area contributed by atoms with E-state index >= 15 is 0 Å². The Kier molecular flexibility index (Phi) is 6.59. The number of benzene rings is 1. The molecule has 0 heterocycles. The Morgan fingerprint density at radius 1 is 1.50 bits per heavy atom. The lowest BCUT2D eigenvalue weighted by Gasteiger charge is -2.11. The zero-order chi connectivity index (χ0) is 9.84. The first-order chi connectivity index (χ1) is 6.15. The normalized spacial score (nSPS) is 12.0. The van der Waals surface area contributed by atoms with Gasteiger partial charge < -0.3 is 10.8 Å². The number of aliphatic hydroxyl groups excluding tert-OH is 1. The minimum absolute atomic E-state index is 0. The van der Waals surface area contributed by atoms with Gasteiger partial charge in [0.25, 0.3) is 0 Å². The maximum absolute atomic E-state index is 13.2. The second-order valence-electron chi connectivity index (χ2n) is 2.78. The van der Waals surface area contributed by atoms with Crippen LogP contribution in [0.3, 0.4) is 0 Å². The van der Waals surface area contributed by atoms with E-state index in [0.29, 0.717) is 12.0 Å². The zero-order valence-corrected chi connectivity index (χ0v) is 10.4. The Hall–Kier alpha value is 0.0900. The van der Waals surface area contributed by atoms with Gasteiger partial charge in [-0.15, -0.1) is 12.4 Å². The summed E-state index contributed by atoms with van der Waals surface area (Å²) < 4.78 is 14.1. The van der Waals surface area contributed by atoms with Crippen LogP contribution in [0.25, 0.3) is 0 Å². The number of hydrogen-bond donors (Lipinski definition) is 2. The van der Waals surface area contributed by atoms with Gasteiger partial charge in [-0.25, -0.2) is 4.39 Å². The van der Waals surface area contributed by atoms with E-state index in [1.165, 1.54) is 6.07 Å². The lowest BCUT2D eigenvalue weighted by molar-refractivity contribution is 0.275.